The van der Waals surface area contributed by atoms with Gasteiger partial charge in [-0.1, -0.05) is 26.2 Å². The quantitative estimate of drug-likeness (QED) is 0.781. The number of rotatable bonds is 6. The van der Waals surface area contributed by atoms with E-state index in [1.807, 2.05) is 11.3 Å². The molecule has 0 saturated heterocycles. The van der Waals surface area contributed by atoms with Crippen LogP contribution in [0, 0.1) is 0 Å². The molecule has 1 aliphatic carbocycles. The number of thioether (sulfide) groups is 1. The zero-order valence-corrected chi connectivity index (χ0v) is 15.6. The monoisotopic (exact) mass is 326 g/mol. The van der Waals surface area contributed by atoms with Crippen LogP contribution in [0.15, 0.2) is 0 Å². The zero-order chi connectivity index (χ0) is 15.3. The Balaban J connectivity index is 1.89. The number of thiazole rings is 1. The summed E-state index contributed by atoms with van der Waals surface area (Å²) in [6.07, 6.45) is 8.17. The maximum absolute atomic E-state index is 4.87. The number of aromatic nitrogens is 1. The molecule has 1 saturated carbocycles. The molecule has 1 N–H and O–H groups in total. The average molecular weight is 327 g/mol. The molecule has 4 heteroatoms. The van der Waals surface area contributed by atoms with Gasteiger partial charge in [0.1, 0.15) is 5.01 Å². The van der Waals surface area contributed by atoms with Gasteiger partial charge in [-0.2, -0.15) is 11.8 Å². The molecule has 1 aromatic rings. The van der Waals surface area contributed by atoms with E-state index in [1.54, 1.807) is 0 Å². The summed E-state index contributed by atoms with van der Waals surface area (Å²) in [7, 11) is 0. The van der Waals surface area contributed by atoms with E-state index in [2.05, 4.69) is 44.8 Å². The third-order valence-corrected chi connectivity index (χ3v) is 6.59. The Morgan fingerprint density at radius 2 is 1.95 bits per heavy atom. The number of hydrogen-bond acceptors (Lipinski definition) is 4. The van der Waals surface area contributed by atoms with Crippen LogP contribution in [0.25, 0.3) is 0 Å². The maximum atomic E-state index is 4.87. The molecule has 2 rings (SSSR count). The van der Waals surface area contributed by atoms with Crippen LogP contribution in [-0.2, 0) is 18.7 Å². The third-order valence-electron chi connectivity index (χ3n) is 3.93. The number of aryl methyl sites for hydroxylation is 1. The van der Waals surface area contributed by atoms with Crippen molar-refractivity contribution in [3.63, 3.8) is 0 Å². The van der Waals surface area contributed by atoms with Gasteiger partial charge in [0.2, 0.25) is 0 Å². The summed E-state index contributed by atoms with van der Waals surface area (Å²) in [6, 6.07) is 0. The van der Waals surface area contributed by atoms with Gasteiger partial charge >= 0.3 is 0 Å². The topological polar surface area (TPSA) is 24.9 Å². The van der Waals surface area contributed by atoms with E-state index in [-0.39, 0.29) is 5.54 Å². The molecule has 0 aliphatic heterocycles. The van der Waals surface area contributed by atoms with Crippen LogP contribution >= 0.6 is 23.1 Å². The SMILES string of the molecule is CCc1nc(CSC2CCCCC2)sc1CNC(C)(C)C. The van der Waals surface area contributed by atoms with Crippen LogP contribution in [0.1, 0.15) is 75.4 Å². The van der Waals surface area contributed by atoms with Gasteiger partial charge in [-0.3, -0.25) is 0 Å². The van der Waals surface area contributed by atoms with Crippen molar-refractivity contribution >= 4 is 23.1 Å². The van der Waals surface area contributed by atoms with Crippen LogP contribution in [0.5, 0.6) is 0 Å². The number of nitrogens with one attached hydrogen (secondary N) is 1. The highest BCUT2D eigenvalue weighted by molar-refractivity contribution is 7.99. The van der Waals surface area contributed by atoms with Gasteiger partial charge in [0.25, 0.3) is 0 Å². The Bertz CT molecular complexity index is 428. The van der Waals surface area contributed by atoms with Crippen molar-refractivity contribution in [2.24, 2.45) is 0 Å². The fraction of sp³-hybridized carbons (Fsp3) is 0.824. The smallest absolute Gasteiger partial charge is 0.103 e. The van der Waals surface area contributed by atoms with Crippen molar-refractivity contribution in [3.8, 4) is 0 Å². The molecule has 1 fully saturated rings. The largest absolute Gasteiger partial charge is 0.307 e. The predicted molar refractivity (Wildman–Crippen MR) is 96.3 cm³/mol. The van der Waals surface area contributed by atoms with Crippen LogP contribution in [-0.4, -0.2) is 15.8 Å². The van der Waals surface area contributed by atoms with Crippen molar-refractivity contribution in [1.82, 2.24) is 10.3 Å². The minimum Gasteiger partial charge on any atom is -0.307 e. The lowest BCUT2D eigenvalue weighted by Gasteiger charge is -2.20. The van der Waals surface area contributed by atoms with Crippen LogP contribution in [0.2, 0.25) is 0 Å². The van der Waals surface area contributed by atoms with E-state index in [9.17, 15) is 0 Å². The molecule has 2 nitrogen and oxygen atoms in total. The molecular formula is C17H30N2S2. The summed E-state index contributed by atoms with van der Waals surface area (Å²) in [5.41, 5.74) is 1.47. The molecule has 0 aromatic carbocycles. The first-order valence-electron chi connectivity index (χ1n) is 8.32. The number of hydrogen-bond donors (Lipinski definition) is 1. The van der Waals surface area contributed by atoms with Gasteiger partial charge in [0.05, 0.1) is 5.69 Å². The predicted octanol–water partition coefficient (Wildman–Crippen LogP) is 5.16. The van der Waals surface area contributed by atoms with Crippen molar-refractivity contribution in [2.75, 3.05) is 0 Å². The molecule has 0 spiro atoms. The van der Waals surface area contributed by atoms with E-state index in [0.717, 1.165) is 24.0 Å². The highest BCUT2D eigenvalue weighted by atomic mass is 32.2. The van der Waals surface area contributed by atoms with E-state index in [4.69, 9.17) is 4.98 Å². The Labute approximate surface area is 138 Å². The lowest BCUT2D eigenvalue weighted by atomic mass is 10.0. The molecule has 120 valence electrons. The van der Waals surface area contributed by atoms with Crippen molar-refractivity contribution in [1.29, 1.82) is 0 Å². The number of nitrogens with zero attached hydrogens (tertiary/aromatic N) is 1. The van der Waals surface area contributed by atoms with Crippen molar-refractivity contribution in [3.05, 3.63) is 15.6 Å². The Kier molecular flexibility index (Phi) is 6.57. The fourth-order valence-corrected chi connectivity index (χ4v) is 5.12. The second kappa shape index (κ2) is 7.98. The normalized spacial score (nSPS) is 17.3. The first-order chi connectivity index (χ1) is 9.98. The van der Waals surface area contributed by atoms with Crippen LogP contribution < -0.4 is 5.32 Å². The van der Waals surface area contributed by atoms with Gasteiger partial charge in [-0.25, -0.2) is 4.98 Å². The molecule has 0 unspecified atom stereocenters. The van der Waals surface area contributed by atoms with Crippen LogP contribution in [0.4, 0.5) is 0 Å². The second-order valence-electron chi connectivity index (χ2n) is 7.01. The molecule has 1 aliphatic rings. The Hall–Kier alpha value is -0.0600. The van der Waals surface area contributed by atoms with Gasteiger partial charge < -0.3 is 5.32 Å². The van der Waals surface area contributed by atoms with Crippen LogP contribution in [0.3, 0.4) is 0 Å². The van der Waals surface area contributed by atoms with E-state index < -0.39 is 0 Å². The van der Waals surface area contributed by atoms with E-state index in [0.29, 0.717) is 0 Å². The summed E-state index contributed by atoms with van der Waals surface area (Å²) in [6.45, 7) is 9.84. The Morgan fingerprint density at radius 1 is 1.24 bits per heavy atom. The summed E-state index contributed by atoms with van der Waals surface area (Å²) >= 11 is 4.05. The van der Waals surface area contributed by atoms with Gasteiger partial charge in [0, 0.05) is 28.0 Å². The third kappa shape index (κ3) is 5.91. The van der Waals surface area contributed by atoms with Gasteiger partial charge in [-0.05, 0) is 40.0 Å². The van der Waals surface area contributed by atoms with E-state index in [1.165, 1.54) is 47.7 Å². The fourth-order valence-electron chi connectivity index (χ4n) is 2.68. The summed E-state index contributed by atoms with van der Waals surface area (Å²) in [5, 5.41) is 5.80. The highest BCUT2D eigenvalue weighted by Crippen LogP contribution is 2.32. The lowest BCUT2D eigenvalue weighted by Crippen LogP contribution is -2.35. The second-order valence-corrected chi connectivity index (χ2v) is 9.46. The average Bonchev–Trinajstić information content (AvgIpc) is 2.86. The summed E-state index contributed by atoms with van der Waals surface area (Å²) in [5.74, 6) is 1.11. The summed E-state index contributed by atoms with van der Waals surface area (Å²) in [4.78, 5) is 6.31. The Morgan fingerprint density at radius 3 is 2.57 bits per heavy atom. The van der Waals surface area contributed by atoms with Crippen molar-refractivity contribution < 1.29 is 0 Å². The zero-order valence-electron chi connectivity index (χ0n) is 14.0. The van der Waals surface area contributed by atoms with Gasteiger partial charge in [0.15, 0.2) is 0 Å². The van der Waals surface area contributed by atoms with Crippen molar-refractivity contribution in [2.45, 2.75) is 89.3 Å². The standard InChI is InChI=1S/C17H30N2S2/c1-5-14-15(11-18-17(2,3)4)21-16(19-14)12-20-13-9-7-6-8-10-13/h13,18H,5-12H2,1-4H3. The molecule has 1 aromatic heterocycles. The van der Waals surface area contributed by atoms with E-state index >= 15 is 0 Å². The molecule has 0 atom stereocenters. The molecule has 1 heterocycles. The van der Waals surface area contributed by atoms with Gasteiger partial charge in [-0.15, -0.1) is 11.3 Å². The first kappa shape index (κ1) is 17.3. The molecule has 21 heavy (non-hydrogen) atoms. The molecule has 0 amide bonds. The highest BCUT2D eigenvalue weighted by Gasteiger charge is 2.17. The molecule has 0 radical (unpaired) electrons. The lowest BCUT2D eigenvalue weighted by molar-refractivity contribution is 0.425. The minimum absolute atomic E-state index is 0.173. The maximum Gasteiger partial charge on any atom is 0.103 e. The minimum atomic E-state index is 0.173. The molecule has 0 bridgehead atoms. The summed E-state index contributed by atoms with van der Waals surface area (Å²) < 4.78 is 0. The molecular weight excluding hydrogens is 296 g/mol. The first-order valence-corrected chi connectivity index (χ1v) is 10.2.